The van der Waals surface area contributed by atoms with Crippen molar-refractivity contribution in [2.75, 3.05) is 0 Å². The van der Waals surface area contributed by atoms with Gasteiger partial charge in [-0.1, -0.05) is 34.1 Å². The average Bonchev–Trinajstić information content (AvgIpc) is 2.64. The van der Waals surface area contributed by atoms with E-state index < -0.39 is 0 Å². The fourth-order valence-corrected chi connectivity index (χ4v) is 2.85. The third kappa shape index (κ3) is 2.83. The van der Waals surface area contributed by atoms with E-state index in [1.54, 1.807) is 6.92 Å². The van der Waals surface area contributed by atoms with Crippen molar-refractivity contribution in [3.8, 4) is 0 Å². The number of hydrogen-bond acceptors (Lipinski definition) is 2. The van der Waals surface area contributed by atoms with Crippen LogP contribution >= 0.6 is 15.9 Å². The van der Waals surface area contributed by atoms with Gasteiger partial charge in [0.2, 0.25) is 0 Å². The maximum atomic E-state index is 11.8. The van der Waals surface area contributed by atoms with Gasteiger partial charge in [0, 0.05) is 22.7 Å². The van der Waals surface area contributed by atoms with E-state index in [9.17, 15) is 9.59 Å². The number of carbonyl (C=O) groups excluding carboxylic acids is 2. The highest BCUT2D eigenvalue weighted by molar-refractivity contribution is 9.10. The first-order valence-corrected chi connectivity index (χ1v) is 6.64. The second-order valence-corrected chi connectivity index (χ2v) is 5.56. The second kappa shape index (κ2) is 5.13. The van der Waals surface area contributed by atoms with Crippen LogP contribution in [-0.2, 0) is 16.0 Å². The highest BCUT2D eigenvalue weighted by Gasteiger charge is 2.34. The quantitative estimate of drug-likeness (QED) is 0.858. The minimum absolute atomic E-state index is 0.0163. The molecule has 1 aromatic rings. The summed E-state index contributed by atoms with van der Waals surface area (Å²) in [4.78, 5) is 23.1. The highest BCUT2D eigenvalue weighted by Crippen LogP contribution is 2.32. The molecule has 3 heteroatoms. The maximum absolute atomic E-state index is 11.8. The number of ketones is 2. The average molecular weight is 295 g/mol. The first kappa shape index (κ1) is 12.5. The van der Waals surface area contributed by atoms with Crippen molar-refractivity contribution in [1.29, 1.82) is 0 Å². The lowest BCUT2D eigenvalue weighted by molar-refractivity contribution is -0.124. The smallest absolute Gasteiger partial charge is 0.137 e. The van der Waals surface area contributed by atoms with Crippen molar-refractivity contribution in [2.24, 2.45) is 11.8 Å². The van der Waals surface area contributed by atoms with Gasteiger partial charge in [-0.2, -0.15) is 0 Å². The molecule has 0 radical (unpaired) electrons. The summed E-state index contributed by atoms with van der Waals surface area (Å²) in [5.74, 6) is 0.353. The minimum Gasteiger partial charge on any atom is -0.300 e. The van der Waals surface area contributed by atoms with Crippen LogP contribution in [0.25, 0.3) is 0 Å². The van der Waals surface area contributed by atoms with Gasteiger partial charge < -0.3 is 0 Å². The molecule has 0 amide bonds. The molecule has 1 aromatic carbocycles. The fraction of sp³-hybridized carbons (Fsp3) is 0.429. The number of halogens is 1. The largest absolute Gasteiger partial charge is 0.300 e. The van der Waals surface area contributed by atoms with E-state index in [0.717, 1.165) is 22.9 Å². The number of Topliss-reactive ketones (excluding diaryl/α,β-unsaturated/α-hetero) is 2. The molecule has 1 fully saturated rings. The lowest BCUT2D eigenvalue weighted by Crippen LogP contribution is -2.10. The molecule has 0 heterocycles. The molecule has 0 saturated heterocycles. The molecule has 0 unspecified atom stereocenters. The summed E-state index contributed by atoms with van der Waals surface area (Å²) in [6, 6.07) is 7.94. The molecule has 0 bridgehead atoms. The van der Waals surface area contributed by atoms with Crippen LogP contribution in [0.4, 0.5) is 0 Å². The van der Waals surface area contributed by atoms with Crippen molar-refractivity contribution in [2.45, 2.75) is 26.2 Å². The molecule has 1 saturated carbocycles. The van der Waals surface area contributed by atoms with Gasteiger partial charge in [0.25, 0.3) is 0 Å². The summed E-state index contributed by atoms with van der Waals surface area (Å²) < 4.78 is 1.04. The third-order valence-electron chi connectivity index (χ3n) is 3.47. The van der Waals surface area contributed by atoms with Gasteiger partial charge in [0.1, 0.15) is 11.6 Å². The number of hydrogen-bond donors (Lipinski definition) is 0. The van der Waals surface area contributed by atoms with Gasteiger partial charge in [0.05, 0.1) is 0 Å². The van der Waals surface area contributed by atoms with E-state index >= 15 is 0 Å². The molecule has 2 rings (SSSR count). The van der Waals surface area contributed by atoms with E-state index in [1.165, 1.54) is 0 Å². The Bertz CT molecular complexity index is 453. The zero-order valence-corrected chi connectivity index (χ0v) is 11.4. The molecule has 1 aliphatic carbocycles. The monoisotopic (exact) mass is 294 g/mol. The zero-order chi connectivity index (χ0) is 12.4. The molecular weight excluding hydrogens is 280 g/mol. The summed E-state index contributed by atoms with van der Waals surface area (Å²) in [6.45, 7) is 1.58. The predicted octanol–water partition coefficient (Wildman–Crippen LogP) is 3.18. The highest BCUT2D eigenvalue weighted by atomic mass is 79.9. The van der Waals surface area contributed by atoms with Crippen LogP contribution in [0, 0.1) is 11.8 Å². The topological polar surface area (TPSA) is 34.1 Å². The van der Waals surface area contributed by atoms with Gasteiger partial charge >= 0.3 is 0 Å². The maximum Gasteiger partial charge on any atom is 0.137 e. The van der Waals surface area contributed by atoms with E-state index in [0.29, 0.717) is 6.42 Å². The fourth-order valence-electron chi connectivity index (χ4n) is 2.40. The summed E-state index contributed by atoms with van der Waals surface area (Å²) in [5, 5.41) is 0. The van der Waals surface area contributed by atoms with Crippen LogP contribution < -0.4 is 0 Å². The molecule has 17 heavy (non-hydrogen) atoms. The van der Waals surface area contributed by atoms with Crippen LogP contribution in [0.1, 0.15) is 25.3 Å². The molecule has 2 atom stereocenters. The molecule has 0 aliphatic heterocycles. The number of benzene rings is 1. The molecule has 0 spiro atoms. The van der Waals surface area contributed by atoms with Crippen molar-refractivity contribution in [3.05, 3.63) is 34.3 Å². The zero-order valence-electron chi connectivity index (χ0n) is 9.78. The van der Waals surface area contributed by atoms with Crippen LogP contribution in [0.5, 0.6) is 0 Å². The lowest BCUT2D eigenvalue weighted by Gasteiger charge is -2.10. The lowest BCUT2D eigenvalue weighted by atomic mass is 9.95. The summed E-state index contributed by atoms with van der Waals surface area (Å²) in [6.07, 6.45) is 1.89. The van der Waals surface area contributed by atoms with Crippen molar-refractivity contribution in [1.82, 2.24) is 0 Å². The van der Waals surface area contributed by atoms with Gasteiger partial charge in [-0.3, -0.25) is 9.59 Å². The SMILES string of the molecule is CC(=O)[C@@H]1CC(=O)[C@@H](Cc2ccccc2Br)C1. The van der Waals surface area contributed by atoms with Crippen LogP contribution in [0.15, 0.2) is 28.7 Å². The Morgan fingerprint density at radius 1 is 1.41 bits per heavy atom. The molecule has 0 N–H and O–H groups in total. The Balaban J connectivity index is 2.08. The second-order valence-electron chi connectivity index (χ2n) is 4.71. The number of rotatable bonds is 3. The Labute approximate surface area is 110 Å². The molecular formula is C14H15BrO2. The van der Waals surface area contributed by atoms with Crippen LogP contribution in [0.2, 0.25) is 0 Å². The van der Waals surface area contributed by atoms with Gasteiger partial charge in [0.15, 0.2) is 0 Å². The third-order valence-corrected chi connectivity index (χ3v) is 4.24. The number of carbonyl (C=O) groups is 2. The normalized spacial score (nSPS) is 24.0. The Morgan fingerprint density at radius 2 is 2.12 bits per heavy atom. The Morgan fingerprint density at radius 3 is 2.71 bits per heavy atom. The predicted molar refractivity (Wildman–Crippen MR) is 69.7 cm³/mol. The molecule has 90 valence electrons. The van der Waals surface area contributed by atoms with Crippen molar-refractivity contribution < 1.29 is 9.59 Å². The standard InChI is InChI=1S/C14H15BrO2/c1-9(16)11-7-12(14(17)8-11)6-10-4-2-3-5-13(10)15/h2-5,11-12H,6-8H2,1H3/t11-,12-/m0/s1. The van der Waals surface area contributed by atoms with Crippen LogP contribution in [-0.4, -0.2) is 11.6 Å². The van der Waals surface area contributed by atoms with Crippen LogP contribution in [0.3, 0.4) is 0 Å². The molecule has 2 nitrogen and oxygen atoms in total. The van der Waals surface area contributed by atoms with Crippen molar-refractivity contribution >= 4 is 27.5 Å². The van der Waals surface area contributed by atoms with E-state index in [2.05, 4.69) is 15.9 Å². The van der Waals surface area contributed by atoms with E-state index in [-0.39, 0.29) is 23.4 Å². The van der Waals surface area contributed by atoms with Crippen molar-refractivity contribution in [3.63, 3.8) is 0 Å². The molecule has 0 aromatic heterocycles. The first-order valence-electron chi connectivity index (χ1n) is 5.84. The Hall–Kier alpha value is -0.960. The Kier molecular flexibility index (Phi) is 3.77. The summed E-state index contributed by atoms with van der Waals surface area (Å²) >= 11 is 3.49. The molecule has 1 aliphatic rings. The van der Waals surface area contributed by atoms with Gasteiger partial charge in [-0.05, 0) is 31.4 Å². The first-order chi connectivity index (χ1) is 8.08. The summed E-state index contributed by atoms with van der Waals surface area (Å²) in [7, 11) is 0. The minimum atomic E-state index is -0.0463. The summed E-state index contributed by atoms with van der Waals surface area (Å²) in [5.41, 5.74) is 1.15. The van der Waals surface area contributed by atoms with Gasteiger partial charge in [-0.25, -0.2) is 0 Å². The van der Waals surface area contributed by atoms with Gasteiger partial charge in [-0.15, -0.1) is 0 Å². The van der Waals surface area contributed by atoms with E-state index in [1.807, 2.05) is 24.3 Å². The van der Waals surface area contributed by atoms with E-state index in [4.69, 9.17) is 0 Å².